The van der Waals surface area contributed by atoms with Gasteiger partial charge >= 0.3 is 0 Å². The van der Waals surface area contributed by atoms with Crippen LogP contribution in [0.5, 0.6) is 0 Å². The first-order valence-corrected chi connectivity index (χ1v) is 18.2. The van der Waals surface area contributed by atoms with Crippen LogP contribution >= 0.6 is 22.7 Å². The maximum Gasteiger partial charge on any atom is 0.165 e. The second-order valence-electron chi connectivity index (χ2n) is 12.4. The van der Waals surface area contributed by atoms with Crippen LogP contribution in [0.4, 0.5) is 0 Å². The van der Waals surface area contributed by atoms with Crippen LogP contribution in [-0.2, 0) is 0 Å². The summed E-state index contributed by atoms with van der Waals surface area (Å²) in [6.07, 6.45) is 0. The molecular weight excluding hydrogens is 647 g/mol. The number of nitrogens with zero attached hydrogens (tertiary/aromatic N) is 3. The monoisotopic (exact) mass is 673 g/mol. The molecule has 50 heavy (non-hydrogen) atoms. The molecule has 0 saturated carbocycles. The molecule has 0 bridgehead atoms. The Bertz CT molecular complexity index is 2850. The first-order valence-electron chi connectivity index (χ1n) is 16.6. The van der Waals surface area contributed by atoms with E-state index >= 15 is 0 Å². The van der Waals surface area contributed by atoms with Gasteiger partial charge in [0.1, 0.15) is 0 Å². The van der Waals surface area contributed by atoms with Crippen LogP contribution in [-0.4, -0.2) is 15.0 Å². The summed E-state index contributed by atoms with van der Waals surface area (Å²) in [6, 6.07) is 58.0. The highest BCUT2D eigenvalue weighted by Crippen LogP contribution is 2.41. The zero-order chi connectivity index (χ0) is 33.0. The van der Waals surface area contributed by atoms with E-state index in [-0.39, 0.29) is 0 Å². The van der Waals surface area contributed by atoms with E-state index < -0.39 is 0 Å². The lowest BCUT2D eigenvalue weighted by molar-refractivity contribution is 1.08. The molecule has 3 nitrogen and oxygen atoms in total. The van der Waals surface area contributed by atoms with Gasteiger partial charge in [-0.2, -0.15) is 0 Å². The Hall–Kier alpha value is -6.01. The zero-order valence-corrected chi connectivity index (χ0v) is 28.4. The quantitative estimate of drug-likeness (QED) is 0.182. The van der Waals surface area contributed by atoms with Crippen LogP contribution in [0.15, 0.2) is 164 Å². The first kappa shape index (κ1) is 29.0. The summed E-state index contributed by atoms with van der Waals surface area (Å²) >= 11 is 3.60. The van der Waals surface area contributed by atoms with Gasteiger partial charge < -0.3 is 0 Å². The third kappa shape index (κ3) is 4.98. The minimum absolute atomic E-state index is 0.659. The van der Waals surface area contributed by atoms with E-state index in [0.717, 1.165) is 22.3 Å². The van der Waals surface area contributed by atoms with Gasteiger partial charge in [-0.05, 0) is 52.6 Å². The van der Waals surface area contributed by atoms with Crippen LogP contribution in [0, 0.1) is 0 Å². The molecule has 0 spiro atoms. The van der Waals surface area contributed by atoms with E-state index in [4.69, 9.17) is 15.0 Å². The van der Waals surface area contributed by atoms with Crippen molar-refractivity contribution >= 4 is 63.0 Å². The average molecular weight is 674 g/mol. The van der Waals surface area contributed by atoms with E-state index in [1.807, 2.05) is 17.4 Å². The van der Waals surface area contributed by atoms with E-state index in [2.05, 4.69) is 158 Å². The van der Waals surface area contributed by atoms with Crippen LogP contribution < -0.4 is 0 Å². The lowest BCUT2D eigenvalue weighted by Crippen LogP contribution is -2.00. The molecule has 10 aromatic rings. The molecule has 0 saturated heterocycles. The smallest absolute Gasteiger partial charge is 0.165 e. The van der Waals surface area contributed by atoms with Gasteiger partial charge in [0.25, 0.3) is 0 Å². The molecule has 3 heterocycles. The van der Waals surface area contributed by atoms with E-state index in [1.54, 1.807) is 11.3 Å². The fourth-order valence-electron chi connectivity index (χ4n) is 6.85. The largest absolute Gasteiger partial charge is 0.208 e. The number of fused-ring (bicyclic) bond motifs is 6. The van der Waals surface area contributed by atoms with Crippen LogP contribution in [0.3, 0.4) is 0 Å². The van der Waals surface area contributed by atoms with Gasteiger partial charge in [-0.1, -0.05) is 133 Å². The molecule has 0 radical (unpaired) electrons. The summed E-state index contributed by atoms with van der Waals surface area (Å²) in [4.78, 5) is 15.5. The molecule has 10 rings (SSSR count). The number of hydrogen-bond donors (Lipinski definition) is 0. The average Bonchev–Trinajstić information content (AvgIpc) is 3.76. The van der Waals surface area contributed by atoms with Crippen molar-refractivity contribution in [1.29, 1.82) is 0 Å². The predicted octanol–water partition coefficient (Wildman–Crippen LogP) is 12.9. The van der Waals surface area contributed by atoms with Gasteiger partial charge in [0.2, 0.25) is 0 Å². The van der Waals surface area contributed by atoms with Crippen LogP contribution in [0.2, 0.25) is 0 Å². The van der Waals surface area contributed by atoms with Gasteiger partial charge in [-0.3, -0.25) is 0 Å². The SMILES string of the molecule is c1ccc(-c2ccc(-c3nc(-c4ccc5c(c4)sc4ccc(-c6ccccc6)cc45)nc(-c4cccc5c4sc4ccccc45)n3)cc2)cc1. The van der Waals surface area contributed by atoms with Gasteiger partial charge in [0.05, 0.1) is 0 Å². The molecule has 234 valence electrons. The molecule has 0 amide bonds. The Morgan fingerprint density at radius 3 is 1.66 bits per heavy atom. The van der Waals surface area contributed by atoms with Crippen molar-refractivity contribution in [3.8, 4) is 56.4 Å². The molecule has 0 atom stereocenters. The highest BCUT2D eigenvalue weighted by molar-refractivity contribution is 7.26. The number of thiophene rings is 2. The topological polar surface area (TPSA) is 38.7 Å². The van der Waals surface area contributed by atoms with Crippen molar-refractivity contribution < 1.29 is 0 Å². The number of hydrogen-bond acceptors (Lipinski definition) is 5. The molecule has 0 aliphatic carbocycles. The summed E-state index contributed by atoms with van der Waals surface area (Å²) in [6.45, 7) is 0. The summed E-state index contributed by atoms with van der Waals surface area (Å²) in [5.74, 6) is 2.00. The molecule has 0 aliphatic heterocycles. The number of aromatic nitrogens is 3. The highest BCUT2D eigenvalue weighted by Gasteiger charge is 2.18. The maximum atomic E-state index is 5.19. The fourth-order valence-corrected chi connectivity index (χ4v) is 9.18. The minimum Gasteiger partial charge on any atom is -0.208 e. The number of benzene rings is 7. The number of rotatable bonds is 5. The van der Waals surface area contributed by atoms with Crippen molar-refractivity contribution in [2.75, 3.05) is 0 Å². The van der Waals surface area contributed by atoms with Gasteiger partial charge in [-0.25, -0.2) is 15.0 Å². The third-order valence-corrected chi connectivity index (χ3v) is 11.7. The molecular formula is C45H27N3S2. The normalized spacial score (nSPS) is 11.6. The summed E-state index contributed by atoms with van der Waals surface area (Å²) in [5, 5.41) is 4.99. The van der Waals surface area contributed by atoms with E-state index in [9.17, 15) is 0 Å². The third-order valence-electron chi connectivity index (χ3n) is 9.37. The van der Waals surface area contributed by atoms with Crippen molar-refractivity contribution in [2.24, 2.45) is 0 Å². The van der Waals surface area contributed by atoms with Gasteiger partial charge in [0.15, 0.2) is 17.5 Å². The van der Waals surface area contributed by atoms with Crippen molar-refractivity contribution in [3.63, 3.8) is 0 Å². The Morgan fingerprint density at radius 1 is 0.300 bits per heavy atom. The lowest BCUT2D eigenvalue weighted by atomic mass is 10.0. The predicted molar refractivity (Wildman–Crippen MR) is 213 cm³/mol. The Labute approximate surface area is 296 Å². The second-order valence-corrected chi connectivity index (χ2v) is 14.6. The molecule has 0 fully saturated rings. The lowest BCUT2D eigenvalue weighted by Gasteiger charge is -2.10. The first-order chi connectivity index (χ1) is 24.7. The van der Waals surface area contributed by atoms with E-state index in [0.29, 0.717) is 17.5 Å². The van der Waals surface area contributed by atoms with E-state index in [1.165, 1.54) is 57.0 Å². The van der Waals surface area contributed by atoms with Crippen LogP contribution in [0.1, 0.15) is 0 Å². The molecule has 5 heteroatoms. The molecule has 3 aromatic heterocycles. The molecule has 0 N–H and O–H groups in total. The van der Waals surface area contributed by atoms with Crippen LogP contribution in [0.25, 0.3) is 96.8 Å². The highest BCUT2D eigenvalue weighted by atomic mass is 32.1. The zero-order valence-electron chi connectivity index (χ0n) is 26.7. The Kier molecular flexibility index (Phi) is 6.86. The Balaban J connectivity index is 1.13. The summed E-state index contributed by atoms with van der Waals surface area (Å²) in [7, 11) is 0. The van der Waals surface area contributed by atoms with Crippen molar-refractivity contribution in [1.82, 2.24) is 15.0 Å². The Morgan fingerprint density at radius 2 is 0.860 bits per heavy atom. The van der Waals surface area contributed by atoms with Gasteiger partial charge in [-0.15, -0.1) is 22.7 Å². The molecule has 0 unspecified atom stereocenters. The standard InChI is InChI=1S/C45H27N3S2/c1-3-10-28(11-4-1)30-18-20-31(21-19-30)43-46-44(48-45(47-43)37-16-9-15-36-34-14-7-8-17-39(34)50-42(36)37)33-22-24-35-38-26-32(29-12-5-2-6-13-29)23-25-40(38)49-41(35)27-33/h1-27H. The minimum atomic E-state index is 0.659. The summed E-state index contributed by atoms with van der Waals surface area (Å²) < 4.78 is 4.92. The van der Waals surface area contributed by atoms with Crippen molar-refractivity contribution in [2.45, 2.75) is 0 Å². The maximum absolute atomic E-state index is 5.19. The summed E-state index contributed by atoms with van der Waals surface area (Å²) in [5.41, 5.74) is 7.73. The second kappa shape index (κ2) is 11.8. The fraction of sp³-hybridized carbons (Fsp3) is 0. The molecule has 7 aromatic carbocycles. The van der Waals surface area contributed by atoms with Crippen molar-refractivity contribution in [3.05, 3.63) is 164 Å². The van der Waals surface area contributed by atoms with Gasteiger partial charge in [0, 0.05) is 57.0 Å². The molecule has 0 aliphatic rings.